The van der Waals surface area contributed by atoms with Crippen LogP contribution in [0.1, 0.15) is 39.6 Å². The molecule has 0 fully saturated rings. The average molecular weight is 458 g/mol. The van der Waals surface area contributed by atoms with Crippen LogP contribution in [0.3, 0.4) is 0 Å². The highest BCUT2D eigenvalue weighted by Crippen LogP contribution is 2.24. The van der Waals surface area contributed by atoms with Crippen molar-refractivity contribution in [2.45, 2.75) is 25.9 Å². The number of rotatable bonds is 8. The summed E-state index contributed by atoms with van der Waals surface area (Å²) in [6.45, 7) is 2.22. The maximum absolute atomic E-state index is 13.3. The first-order chi connectivity index (χ1) is 16.4. The lowest BCUT2D eigenvalue weighted by molar-refractivity contribution is -0.137. The van der Waals surface area contributed by atoms with Gasteiger partial charge in [0.2, 0.25) is 0 Å². The Morgan fingerprint density at radius 1 is 1.00 bits per heavy atom. The summed E-state index contributed by atoms with van der Waals surface area (Å²) in [7, 11) is 0. The highest BCUT2D eigenvalue weighted by atomic mass is 19.1. The van der Waals surface area contributed by atoms with Crippen LogP contribution in [-0.2, 0) is 11.3 Å². The number of carbonyl (C=O) groups is 2. The van der Waals surface area contributed by atoms with Gasteiger partial charge in [0.25, 0.3) is 5.91 Å². The van der Waals surface area contributed by atoms with Crippen LogP contribution in [0.2, 0.25) is 0 Å². The minimum Gasteiger partial charge on any atom is -0.481 e. The third kappa shape index (κ3) is 5.38. The molecule has 4 aromatic rings. The number of hydrogen-bond donors (Lipinski definition) is 2. The molecule has 0 saturated heterocycles. The lowest BCUT2D eigenvalue weighted by Gasteiger charge is -2.18. The average Bonchev–Trinajstić information content (AvgIpc) is 3.25. The van der Waals surface area contributed by atoms with E-state index in [0.717, 1.165) is 27.9 Å². The van der Waals surface area contributed by atoms with Gasteiger partial charge in [-0.2, -0.15) is 5.10 Å². The number of nitrogens with one attached hydrogen (secondary N) is 1. The van der Waals surface area contributed by atoms with Crippen LogP contribution in [0.4, 0.5) is 4.39 Å². The summed E-state index contributed by atoms with van der Waals surface area (Å²) in [5.74, 6) is -1.81. The minimum atomic E-state index is -1.01. The molecule has 172 valence electrons. The number of aliphatic carboxylic acids is 1. The fraction of sp³-hybridized carbons (Fsp3) is 0.148. The van der Waals surface area contributed by atoms with Crippen molar-refractivity contribution in [3.05, 3.63) is 113 Å². The monoisotopic (exact) mass is 457 g/mol. The molecule has 1 atom stereocenters. The first-order valence-electron chi connectivity index (χ1n) is 10.9. The van der Waals surface area contributed by atoms with Crippen molar-refractivity contribution >= 4 is 11.9 Å². The Bertz CT molecular complexity index is 1300. The van der Waals surface area contributed by atoms with E-state index in [0.29, 0.717) is 6.54 Å². The summed E-state index contributed by atoms with van der Waals surface area (Å²) in [5.41, 5.74) is 4.23. The summed E-state index contributed by atoms with van der Waals surface area (Å²) in [6.07, 6.45) is -0.252. The zero-order valence-corrected chi connectivity index (χ0v) is 18.6. The van der Waals surface area contributed by atoms with Crippen LogP contribution in [-0.4, -0.2) is 26.8 Å². The van der Waals surface area contributed by atoms with E-state index in [2.05, 4.69) is 10.4 Å². The molecule has 0 aliphatic carbocycles. The molecule has 3 aromatic carbocycles. The van der Waals surface area contributed by atoms with E-state index in [1.807, 2.05) is 61.5 Å². The van der Waals surface area contributed by atoms with E-state index < -0.39 is 17.9 Å². The van der Waals surface area contributed by atoms with Crippen LogP contribution in [0.25, 0.3) is 11.3 Å². The first-order valence-corrected chi connectivity index (χ1v) is 10.9. The molecule has 6 nitrogen and oxygen atoms in total. The van der Waals surface area contributed by atoms with Gasteiger partial charge in [-0.1, -0.05) is 66.7 Å². The molecular formula is C27H24FN3O3. The highest BCUT2D eigenvalue weighted by molar-refractivity contribution is 5.94. The van der Waals surface area contributed by atoms with Gasteiger partial charge in [0.15, 0.2) is 5.69 Å². The normalized spacial score (nSPS) is 11.7. The van der Waals surface area contributed by atoms with Gasteiger partial charge in [0, 0.05) is 0 Å². The number of hydrogen-bond acceptors (Lipinski definition) is 3. The van der Waals surface area contributed by atoms with Crippen molar-refractivity contribution in [1.82, 2.24) is 15.1 Å². The molecule has 0 radical (unpaired) electrons. The van der Waals surface area contributed by atoms with E-state index in [-0.39, 0.29) is 17.9 Å². The lowest BCUT2D eigenvalue weighted by Crippen LogP contribution is -2.31. The smallest absolute Gasteiger partial charge is 0.305 e. The van der Waals surface area contributed by atoms with Gasteiger partial charge in [0.05, 0.1) is 24.7 Å². The van der Waals surface area contributed by atoms with Crippen molar-refractivity contribution in [2.24, 2.45) is 0 Å². The quantitative estimate of drug-likeness (QED) is 0.390. The van der Waals surface area contributed by atoms with Crippen molar-refractivity contribution in [2.75, 3.05) is 0 Å². The van der Waals surface area contributed by atoms with Crippen LogP contribution in [0.15, 0.2) is 84.9 Å². The molecule has 4 rings (SSSR count). The number of nitrogens with zero attached hydrogens (tertiary/aromatic N) is 2. The molecule has 1 amide bonds. The molecule has 0 aliphatic heterocycles. The zero-order chi connectivity index (χ0) is 24.1. The van der Waals surface area contributed by atoms with Crippen molar-refractivity contribution in [3.63, 3.8) is 0 Å². The second-order valence-electron chi connectivity index (χ2n) is 8.05. The Labute approximate surface area is 196 Å². The Hall–Kier alpha value is -4.26. The third-order valence-electron chi connectivity index (χ3n) is 5.58. The number of amides is 1. The second-order valence-corrected chi connectivity index (χ2v) is 8.05. The molecule has 0 bridgehead atoms. The summed E-state index contributed by atoms with van der Waals surface area (Å²) < 4.78 is 15.0. The number of aromatic nitrogens is 2. The van der Waals surface area contributed by atoms with E-state index >= 15 is 0 Å². The van der Waals surface area contributed by atoms with E-state index in [1.165, 1.54) is 12.1 Å². The number of carbonyl (C=O) groups excluding carboxylic acids is 1. The van der Waals surface area contributed by atoms with Crippen LogP contribution >= 0.6 is 0 Å². The topological polar surface area (TPSA) is 84.2 Å². The summed E-state index contributed by atoms with van der Waals surface area (Å²) in [5, 5.41) is 16.8. The fourth-order valence-electron chi connectivity index (χ4n) is 3.88. The molecule has 2 N–H and O–H groups in total. The Morgan fingerprint density at radius 3 is 2.35 bits per heavy atom. The largest absolute Gasteiger partial charge is 0.481 e. The maximum Gasteiger partial charge on any atom is 0.305 e. The van der Waals surface area contributed by atoms with Crippen LogP contribution in [0.5, 0.6) is 0 Å². The summed E-state index contributed by atoms with van der Waals surface area (Å²) >= 11 is 0. The molecule has 7 heteroatoms. The molecule has 1 heterocycles. The standard InChI is InChI=1S/C27H24FN3O3/c1-18-7-5-6-10-22(18)23(16-26(32)33)29-27(34)24-15-25(20-8-3-2-4-9-20)31(30-24)17-19-11-13-21(28)14-12-19/h2-15,23H,16-17H2,1H3,(H,29,34)(H,32,33). The Kier molecular flexibility index (Phi) is 6.82. The zero-order valence-electron chi connectivity index (χ0n) is 18.6. The Morgan fingerprint density at radius 2 is 1.68 bits per heavy atom. The Balaban J connectivity index is 1.66. The molecule has 1 unspecified atom stereocenters. The van der Waals surface area contributed by atoms with Gasteiger partial charge in [0.1, 0.15) is 5.82 Å². The number of benzene rings is 3. The predicted octanol–water partition coefficient (Wildman–Crippen LogP) is 4.99. The number of aryl methyl sites for hydroxylation is 1. The SMILES string of the molecule is Cc1ccccc1C(CC(=O)O)NC(=O)c1cc(-c2ccccc2)n(Cc2ccc(F)cc2)n1. The van der Waals surface area contributed by atoms with Gasteiger partial charge in [-0.3, -0.25) is 14.3 Å². The number of carboxylic acids is 1. The van der Waals surface area contributed by atoms with Crippen molar-refractivity contribution < 1.29 is 19.1 Å². The lowest BCUT2D eigenvalue weighted by atomic mass is 9.98. The maximum atomic E-state index is 13.3. The minimum absolute atomic E-state index is 0.171. The van der Waals surface area contributed by atoms with Gasteiger partial charge >= 0.3 is 5.97 Å². The summed E-state index contributed by atoms with van der Waals surface area (Å²) in [4.78, 5) is 24.7. The predicted molar refractivity (Wildman–Crippen MR) is 127 cm³/mol. The van der Waals surface area contributed by atoms with E-state index in [1.54, 1.807) is 22.9 Å². The van der Waals surface area contributed by atoms with Gasteiger partial charge < -0.3 is 10.4 Å². The summed E-state index contributed by atoms with van der Waals surface area (Å²) in [6, 6.07) is 24.0. The molecule has 0 saturated carbocycles. The highest BCUT2D eigenvalue weighted by Gasteiger charge is 2.23. The number of halogens is 1. The van der Waals surface area contributed by atoms with Gasteiger partial charge in [-0.25, -0.2) is 4.39 Å². The van der Waals surface area contributed by atoms with Crippen molar-refractivity contribution in [3.8, 4) is 11.3 Å². The van der Waals surface area contributed by atoms with Crippen LogP contribution in [0, 0.1) is 12.7 Å². The molecule has 34 heavy (non-hydrogen) atoms. The molecule has 0 spiro atoms. The van der Waals surface area contributed by atoms with Gasteiger partial charge in [-0.15, -0.1) is 0 Å². The van der Waals surface area contributed by atoms with Crippen LogP contribution < -0.4 is 5.32 Å². The van der Waals surface area contributed by atoms with E-state index in [4.69, 9.17) is 0 Å². The second kappa shape index (κ2) is 10.1. The molecular weight excluding hydrogens is 433 g/mol. The first kappa shape index (κ1) is 22.9. The molecule has 0 aliphatic rings. The van der Waals surface area contributed by atoms with E-state index in [9.17, 15) is 19.1 Å². The fourth-order valence-corrected chi connectivity index (χ4v) is 3.88. The third-order valence-corrected chi connectivity index (χ3v) is 5.58. The van der Waals surface area contributed by atoms with Crippen molar-refractivity contribution in [1.29, 1.82) is 0 Å². The molecule has 1 aromatic heterocycles. The van der Waals surface area contributed by atoms with Gasteiger partial charge in [-0.05, 0) is 47.4 Å². The number of carboxylic acid groups (broad SMARTS) is 1.